The average molecular weight is 301 g/mol. The lowest BCUT2D eigenvalue weighted by atomic mass is 10.3. The number of nitrogens with zero attached hydrogens (tertiary/aromatic N) is 4. The molecule has 8 nitrogen and oxygen atoms in total. The largest absolute Gasteiger partial charge is 0.480 e. The van der Waals surface area contributed by atoms with Crippen LogP contribution in [-0.2, 0) is 4.79 Å². The van der Waals surface area contributed by atoms with Gasteiger partial charge in [-0.1, -0.05) is 11.6 Å². The zero-order chi connectivity index (χ0) is 14.7. The van der Waals surface area contributed by atoms with E-state index in [0.29, 0.717) is 32.0 Å². The van der Waals surface area contributed by atoms with Crippen LogP contribution in [0.2, 0.25) is 5.02 Å². The first kappa shape index (κ1) is 14.5. The van der Waals surface area contributed by atoms with Crippen LogP contribution in [-0.4, -0.2) is 58.6 Å². The Morgan fingerprint density at radius 2 is 2.10 bits per heavy atom. The first-order valence-corrected chi connectivity index (χ1v) is 6.34. The van der Waals surface area contributed by atoms with Crippen LogP contribution in [0.25, 0.3) is 0 Å². The van der Waals surface area contributed by atoms with Crippen LogP contribution in [0.15, 0.2) is 12.3 Å². The van der Waals surface area contributed by atoms with Crippen LogP contribution in [0.1, 0.15) is 0 Å². The minimum Gasteiger partial charge on any atom is -0.480 e. The number of carboxylic acids is 1. The minimum atomic E-state index is -0.857. The molecule has 2 rings (SSSR count). The molecule has 0 aromatic carbocycles. The number of hydrogen-bond donors (Lipinski definition) is 1. The highest BCUT2D eigenvalue weighted by Gasteiger charge is 2.22. The van der Waals surface area contributed by atoms with E-state index in [9.17, 15) is 14.9 Å². The summed E-state index contributed by atoms with van der Waals surface area (Å²) in [5.41, 5.74) is -0.150. The second-order valence-corrected chi connectivity index (χ2v) is 4.82. The standard InChI is InChI=1S/C11H13ClN4O4/c12-9-5-8(16(19)20)6-13-11(9)15-3-1-14(2-4-15)7-10(17)18/h5-6H,1-4,7H2,(H,17,18). The number of pyridine rings is 1. The molecule has 1 fully saturated rings. The van der Waals surface area contributed by atoms with Crippen molar-refractivity contribution in [1.82, 2.24) is 9.88 Å². The van der Waals surface area contributed by atoms with Crippen molar-refractivity contribution in [3.63, 3.8) is 0 Å². The molecule has 0 spiro atoms. The fourth-order valence-electron chi connectivity index (χ4n) is 2.06. The lowest BCUT2D eigenvalue weighted by molar-refractivity contribution is -0.385. The summed E-state index contributed by atoms with van der Waals surface area (Å²) in [6.45, 7) is 2.34. The van der Waals surface area contributed by atoms with Gasteiger partial charge in [0.15, 0.2) is 0 Å². The number of aromatic nitrogens is 1. The molecule has 0 aliphatic carbocycles. The van der Waals surface area contributed by atoms with E-state index in [1.54, 1.807) is 0 Å². The Morgan fingerprint density at radius 1 is 1.45 bits per heavy atom. The highest BCUT2D eigenvalue weighted by atomic mass is 35.5. The zero-order valence-corrected chi connectivity index (χ0v) is 11.3. The maximum absolute atomic E-state index is 10.6. The molecule has 108 valence electrons. The third-order valence-electron chi connectivity index (χ3n) is 3.05. The van der Waals surface area contributed by atoms with Crippen LogP contribution in [0.3, 0.4) is 0 Å². The van der Waals surface area contributed by atoms with Crippen LogP contribution >= 0.6 is 11.6 Å². The van der Waals surface area contributed by atoms with Crippen molar-refractivity contribution >= 4 is 29.1 Å². The molecule has 0 radical (unpaired) electrons. The predicted octanol–water partition coefficient (Wildman–Crippen LogP) is 0.850. The molecular formula is C11H13ClN4O4. The summed E-state index contributed by atoms with van der Waals surface area (Å²) >= 11 is 6.01. The van der Waals surface area contributed by atoms with Gasteiger partial charge in [0.1, 0.15) is 12.0 Å². The van der Waals surface area contributed by atoms with E-state index in [1.165, 1.54) is 12.3 Å². The molecule has 2 heterocycles. The number of carbonyl (C=O) groups is 1. The molecule has 1 aromatic heterocycles. The van der Waals surface area contributed by atoms with E-state index >= 15 is 0 Å². The van der Waals surface area contributed by atoms with Crippen molar-refractivity contribution in [1.29, 1.82) is 0 Å². The van der Waals surface area contributed by atoms with Gasteiger partial charge in [0.05, 0.1) is 16.5 Å². The van der Waals surface area contributed by atoms with Gasteiger partial charge in [-0.05, 0) is 0 Å². The Bertz CT molecular complexity index is 531. The Morgan fingerprint density at radius 3 is 2.60 bits per heavy atom. The van der Waals surface area contributed by atoms with Crippen LogP contribution in [0, 0.1) is 10.1 Å². The predicted molar refractivity (Wildman–Crippen MR) is 72.2 cm³/mol. The summed E-state index contributed by atoms with van der Waals surface area (Å²) in [6.07, 6.45) is 1.17. The summed E-state index contributed by atoms with van der Waals surface area (Å²) in [5.74, 6) is -0.364. The number of carboxylic acid groups (broad SMARTS) is 1. The molecule has 20 heavy (non-hydrogen) atoms. The smallest absolute Gasteiger partial charge is 0.317 e. The Hall–Kier alpha value is -1.93. The molecule has 0 amide bonds. The van der Waals surface area contributed by atoms with Gasteiger partial charge in [0, 0.05) is 32.2 Å². The summed E-state index contributed by atoms with van der Waals surface area (Å²) in [6, 6.07) is 1.27. The quantitative estimate of drug-likeness (QED) is 0.650. The topological polar surface area (TPSA) is 99.8 Å². The molecule has 1 saturated heterocycles. The van der Waals surface area contributed by atoms with Gasteiger partial charge in [-0.25, -0.2) is 4.98 Å². The summed E-state index contributed by atoms with van der Waals surface area (Å²) in [7, 11) is 0. The van der Waals surface area contributed by atoms with E-state index in [0.717, 1.165) is 0 Å². The van der Waals surface area contributed by atoms with E-state index < -0.39 is 10.9 Å². The monoisotopic (exact) mass is 300 g/mol. The number of rotatable bonds is 4. The van der Waals surface area contributed by atoms with E-state index in [1.807, 2.05) is 9.80 Å². The Labute approximate surface area is 119 Å². The second kappa shape index (κ2) is 6.02. The van der Waals surface area contributed by atoms with Crippen molar-refractivity contribution in [2.45, 2.75) is 0 Å². The molecule has 1 N–H and O–H groups in total. The van der Waals surface area contributed by atoms with Crippen molar-refractivity contribution in [3.8, 4) is 0 Å². The number of nitro groups is 1. The molecule has 9 heteroatoms. The van der Waals surface area contributed by atoms with Gasteiger partial charge in [0.25, 0.3) is 5.69 Å². The first-order valence-electron chi connectivity index (χ1n) is 5.96. The normalized spacial score (nSPS) is 16.1. The fraction of sp³-hybridized carbons (Fsp3) is 0.455. The fourth-order valence-corrected chi connectivity index (χ4v) is 2.34. The third kappa shape index (κ3) is 3.34. The van der Waals surface area contributed by atoms with Crippen molar-refractivity contribution in [2.24, 2.45) is 0 Å². The maximum atomic E-state index is 10.6. The Kier molecular flexibility index (Phi) is 4.35. The SMILES string of the molecule is O=C(O)CN1CCN(c2ncc([N+](=O)[O-])cc2Cl)CC1. The van der Waals surface area contributed by atoms with Gasteiger partial charge in [-0.15, -0.1) is 0 Å². The van der Waals surface area contributed by atoms with Gasteiger partial charge in [-0.2, -0.15) is 0 Å². The van der Waals surface area contributed by atoms with E-state index in [2.05, 4.69) is 4.98 Å². The number of aliphatic carboxylic acids is 1. The molecule has 0 unspecified atom stereocenters. The number of piperazine rings is 1. The van der Waals surface area contributed by atoms with Crippen molar-refractivity contribution < 1.29 is 14.8 Å². The summed E-state index contributed by atoms with van der Waals surface area (Å²) < 4.78 is 0. The Balaban J connectivity index is 2.03. The van der Waals surface area contributed by atoms with Gasteiger partial charge in [-0.3, -0.25) is 19.8 Å². The lowest BCUT2D eigenvalue weighted by Crippen LogP contribution is -2.48. The molecule has 0 atom stereocenters. The van der Waals surface area contributed by atoms with E-state index in [4.69, 9.17) is 16.7 Å². The van der Waals surface area contributed by atoms with Crippen LogP contribution in [0.4, 0.5) is 11.5 Å². The average Bonchev–Trinajstić information content (AvgIpc) is 2.39. The molecule has 1 aliphatic rings. The maximum Gasteiger partial charge on any atom is 0.317 e. The third-order valence-corrected chi connectivity index (χ3v) is 3.33. The zero-order valence-electron chi connectivity index (χ0n) is 10.5. The highest BCUT2D eigenvalue weighted by Crippen LogP contribution is 2.27. The van der Waals surface area contributed by atoms with Crippen LogP contribution < -0.4 is 4.90 Å². The molecule has 1 aromatic rings. The van der Waals surface area contributed by atoms with Gasteiger partial charge in [0.2, 0.25) is 0 Å². The number of halogens is 1. The van der Waals surface area contributed by atoms with Crippen LogP contribution in [0.5, 0.6) is 0 Å². The van der Waals surface area contributed by atoms with Gasteiger partial charge < -0.3 is 10.0 Å². The van der Waals surface area contributed by atoms with E-state index in [-0.39, 0.29) is 17.3 Å². The van der Waals surface area contributed by atoms with Crippen molar-refractivity contribution in [3.05, 3.63) is 27.4 Å². The minimum absolute atomic E-state index is 0.00919. The summed E-state index contributed by atoms with van der Waals surface area (Å²) in [4.78, 5) is 28.4. The molecule has 1 aliphatic heterocycles. The molecular weight excluding hydrogens is 288 g/mol. The second-order valence-electron chi connectivity index (χ2n) is 4.41. The summed E-state index contributed by atoms with van der Waals surface area (Å²) in [5, 5.41) is 19.6. The number of hydrogen-bond acceptors (Lipinski definition) is 6. The lowest BCUT2D eigenvalue weighted by Gasteiger charge is -2.34. The first-order chi connectivity index (χ1) is 9.47. The molecule has 0 saturated carbocycles. The van der Waals surface area contributed by atoms with Crippen molar-refractivity contribution in [2.75, 3.05) is 37.6 Å². The number of anilines is 1. The van der Waals surface area contributed by atoms with Gasteiger partial charge >= 0.3 is 5.97 Å². The molecule has 0 bridgehead atoms. The highest BCUT2D eigenvalue weighted by molar-refractivity contribution is 6.33.